The van der Waals surface area contributed by atoms with Gasteiger partial charge in [0, 0.05) is 24.7 Å². The second kappa shape index (κ2) is 7.02. The molecular weight excluding hydrogens is 240 g/mol. The van der Waals surface area contributed by atoms with Crippen molar-refractivity contribution in [3.8, 4) is 5.75 Å². The van der Waals surface area contributed by atoms with Gasteiger partial charge in [-0.2, -0.15) is 0 Å². The molecule has 1 amide bonds. The van der Waals surface area contributed by atoms with E-state index in [4.69, 9.17) is 4.74 Å². The smallest absolute Gasteiger partial charge is 0.221 e. The van der Waals surface area contributed by atoms with Crippen LogP contribution in [0.4, 0.5) is 5.69 Å². The fourth-order valence-corrected chi connectivity index (χ4v) is 1.74. The highest BCUT2D eigenvalue weighted by atomic mass is 16.5. The summed E-state index contributed by atoms with van der Waals surface area (Å²) in [6.45, 7) is 3.49. The fourth-order valence-electron chi connectivity index (χ4n) is 1.74. The molecule has 0 radical (unpaired) electrons. The minimum atomic E-state index is 0.137. The molecule has 1 saturated carbocycles. The van der Waals surface area contributed by atoms with E-state index >= 15 is 0 Å². The van der Waals surface area contributed by atoms with Crippen LogP contribution in [0.1, 0.15) is 32.6 Å². The zero-order valence-corrected chi connectivity index (χ0v) is 11.4. The summed E-state index contributed by atoms with van der Waals surface area (Å²) in [6, 6.07) is 8.29. The summed E-state index contributed by atoms with van der Waals surface area (Å²) in [6.07, 6.45) is 3.80. The van der Waals surface area contributed by atoms with E-state index in [1.54, 1.807) is 0 Å². The molecule has 19 heavy (non-hydrogen) atoms. The van der Waals surface area contributed by atoms with Gasteiger partial charge in [-0.15, -0.1) is 0 Å². The topological polar surface area (TPSA) is 50.4 Å². The van der Waals surface area contributed by atoms with Crippen molar-refractivity contribution >= 4 is 11.6 Å². The van der Waals surface area contributed by atoms with Gasteiger partial charge in [0.15, 0.2) is 0 Å². The van der Waals surface area contributed by atoms with Crippen LogP contribution in [0, 0.1) is 0 Å². The molecule has 0 aliphatic heterocycles. The number of carbonyl (C=O) groups excluding carboxylic acids is 1. The van der Waals surface area contributed by atoms with Gasteiger partial charge in [0.25, 0.3) is 0 Å². The summed E-state index contributed by atoms with van der Waals surface area (Å²) in [7, 11) is 0. The third kappa shape index (κ3) is 5.20. The van der Waals surface area contributed by atoms with Gasteiger partial charge >= 0.3 is 0 Å². The van der Waals surface area contributed by atoms with Crippen molar-refractivity contribution < 1.29 is 9.53 Å². The molecule has 1 aromatic carbocycles. The van der Waals surface area contributed by atoms with E-state index in [1.807, 2.05) is 24.3 Å². The van der Waals surface area contributed by atoms with E-state index < -0.39 is 0 Å². The molecule has 0 aromatic heterocycles. The largest absolute Gasteiger partial charge is 0.494 e. The highest BCUT2D eigenvalue weighted by molar-refractivity contribution is 5.77. The normalized spacial score (nSPS) is 13.9. The van der Waals surface area contributed by atoms with Crippen LogP contribution in [0.25, 0.3) is 0 Å². The summed E-state index contributed by atoms with van der Waals surface area (Å²) >= 11 is 0. The molecule has 0 saturated heterocycles. The standard InChI is InChI=1S/C15H22N2O2/c1-2-11-19-14-7-5-12(6-8-14)16-10-9-15(18)17-13-3-4-13/h5-8,13,16H,2-4,9-11H2,1H3,(H,17,18). The van der Waals surface area contributed by atoms with Gasteiger partial charge in [-0.05, 0) is 43.5 Å². The van der Waals surface area contributed by atoms with Crippen molar-refractivity contribution in [3.05, 3.63) is 24.3 Å². The molecule has 0 heterocycles. The van der Waals surface area contributed by atoms with Gasteiger partial charge in [0.05, 0.1) is 6.61 Å². The Kier molecular flexibility index (Phi) is 5.07. The van der Waals surface area contributed by atoms with E-state index in [2.05, 4.69) is 17.6 Å². The predicted octanol–water partition coefficient (Wildman–Crippen LogP) is 2.56. The first kappa shape index (κ1) is 13.7. The summed E-state index contributed by atoms with van der Waals surface area (Å²) < 4.78 is 5.51. The first-order chi connectivity index (χ1) is 9.28. The first-order valence-corrected chi connectivity index (χ1v) is 7.04. The van der Waals surface area contributed by atoms with Crippen molar-refractivity contribution in [2.45, 2.75) is 38.6 Å². The molecule has 2 rings (SSSR count). The number of nitrogens with one attached hydrogen (secondary N) is 2. The van der Waals surface area contributed by atoms with Gasteiger partial charge in [-0.25, -0.2) is 0 Å². The van der Waals surface area contributed by atoms with Crippen molar-refractivity contribution in [2.75, 3.05) is 18.5 Å². The maximum absolute atomic E-state index is 11.5. The number of amides is 1. The highest BCUT2D eigenvalue weighted by Gasteiger charge is 2.22. The maximum atomic E-state index is 11.5. The molecular formula is C15H22N2O2. The summed E-state index contributed by atoms with van der Waals surface area (Å²) in [4.78, 5) is 11.5. The van der Waals surface area contributed by atoms with E-state index in [-0.39, 0.29) is 5.91 Å². The first-order valence-electron chi connectivity index (χ1n) is 7.04. The number of hydrogen-bond donors (Lipinski definition) is 2. The van der Waals surface area contributed by atoms with Crippen LogP contribution in [-0.2, 0) is 4.79 Å². The van der Waals surface area contributed by atoms with Crippen LogP contribution >= 0.6 is 0 Å². The molecule has 104 valence electrons. The van der Waals surface area contributed by atoms with Gasteiger partial charge in [0.2, 0.25) is 5.91 Å². The van der Waals surface area contributed by atoms with E-state index in [1.165, 1.54) is 0 Å². The number of carbonyl (C=O) groups is 1. The van der Waals surface area contributed by atoms with Crippen LogP contribution < -0.4 is 15.4 Å². The minimum Gasteiger partial charge on any atom is -0.494 e. The van der Waals surface area contributed by atoms with Gasteiger partial charge < -0.3 is 15.4 Å². The second-order valence-corrected chi connectivity index (χ2v) is 4.89. The van der Waals surface area contributed by atoms with E-state index in [0.29, 0.717) is 19.0 Å². The molecule has 0 bridgehead atoms. The summed E-state index contributed by atoms with van der Waals surface area (Å²) in [5.74, 6) is 1.02. The lowest BCUT2D eigenvalue weighted by atomic mass is 10.3. The molecule has 1 aromatic rings. The number of anilines is 1. The third-order valence-corrected chi connectivity index (χ3v) is 2.95. The van der Waals surface area contributed by atoms with Crippen LogP contribution in [-0.4, -0.2) is 25.1 Å². The molecule has 0 unspecified atom stereocenters. The van der Waals surface area contributed by atoms with Crippen LogP contribution in [0.5, 0.6) is 5.75 Å². The Morgan fingerprint density at radius 2 is 2.05 bits per heavy atom. The Morgan fingerprint density at radius 1 is 1.32 bits per heavy atom. The molecule has 1 fully saturated rings. The van der Waals surface area contributed by atoms with E-state index in [0.717, 1.165) is 37.3 Å². The fraction of sp³-hybridized carbons (Fsp3) is 0.533. The Morgan fingerprint density at radius 3 is 2.68 bits per heavy atom. The monoisotopic (exact) mass is 262 g/mol. The average molecular weight is 262 g/mol. The Balaban J connectivity index is 1.65. The Hall–Kier alpha value is -1.71. The number of benzene rings is 1. The van der Waals surface area contributed by atoms with Crippen LogP contribution in [0.3, 0.4) is 0 Å². The number of rotatable bonds is 8. The van der Waals surface area contributed by atoms with E-state index in [9.17, 15) is 4.79 Å². The SMILES string of the molecule is CCCOc1ccc(NCCC(=O)NC2CC2)cc1. The lowest BCUT2D eigenvalue weighted by Crippen LogP contribution is -2.27. The molecule has 2 N–H and O–H groups in total. The maximum Gasteiger partial charge on any atom is 0.221 e. The lowest BCUT2D eigenvalue weighted by Gasteiger charge is -2.08. The van der Waals surface area contributed by atoms with Crippen molar-refractivity contribution in [1.82, 2.24) is 5.32 Å². The Bertz CT molecular complexity index is 399. The quantitative estimate of drug-likeness (QED) is 0.757. The molecule has 1 aliphatic rings. The lowest BCUT2D eigenvalue weighted by molar-refractivity contribution is -0.120. The van der Waals surface area contributed by atoms with Crippen molar-refractivity contribution in [1.29, 1.82) is 0 Å². The summed E-state index contributed by atoms with van der Waals surface area (Å²) in [5.41, 5.74) is 1.02. The van der Waals surface area contributed by atoms with Gasteiger partial charge in [-0.1, -0.05) is 6.92 Å². The molecule has 4 heteroatoms. The van der Waals surface area contributed by atoms with Gasteiger partial charge in [-0.3, -0.25) is 4.79 Å². The predicted molar refractivity (Wildman–Crippen MR) is 76.5 cm³/mol. The molecule has 1 aliphatic carbocycles. The minimum absolute atomic E-state index is 0.137. The zero-order chi connectivity index (χ0) is 13.5. The summed E-state index contributed by atoms with van der Waals surface area (Å²) in [5, 5.41) is 6.21. The van der Waals surface area contributed by atoms with Gasteiger partial charge in [0.1, 0.15) is 5.75 Å². The Labute approximate surface area is 114 Å². The number of ether oxygens (including phenoxy) is 1. The van der Waals surface area contributed by atoms with Crippen LogP contribution in [0.15, 0.2) is 24.3 Å². The second-order valence-electron chi connectivity index (χ2n) is 4.89. The zero-order valence-electron chi connectivity index (χ0n) is 11.4. The highest BCUT2D eigenvalue weighted by Crippen LogP contribution is 2.18. The molecule has 4 nitrogen and oxygen atoms in total. The van der Waals surface area contributed by atoms with Crippen LogP contribution in [0.2, 0.25) is 0 Å². The third-order valence-electron chi connectivity index (χ3n) is 2.95. The van der Waals surface area contributed by atoms with Crippen molar-refractivity contribution in [2.24, 2.45) is 0 Å². The van der Waals surface area contributed by atoms with Crippen molar-refractivity contribution in [3.63, 3.8) is 0 Å². The number of hydrogen-bond acceptors (Lipinski definition) is 3. The average Bonchev–Trinajstić information content (AvgIpc) is 3.22. The molecule has 0 atom stereocenters. The molecule has 0 spiro atoms.